The average Bonchev–Trinajstić information content (AvgIpc) is 2.94. The Bertz CT molecular complexity index is 500. The zero-order valence-electron chi connectivity index (χ0n) is 10.6. The van der Waals surface area contributed by atoms with Gasteiger partial charge in [-0.15, -0.1) is 0 Å². The maximum Gasteiger partial charge on any atom is 0.387 e. The minimum Gasteiger partial charge on any atom is -0.467 e. The number of benzene rings is 1. The van der Waals surface area contributed by atoms with E-state index in [4.69, 9.17) is 4.42 Å². The number of furan rings is 1. The second-order valence-corrected chi connectivity index (χ2v) is 4.18. The van der Waals surface area contributed by atoms with E-state index in [-0.39, 0.29) is 5.75 Å². The predicted molar refractivity (Wildman–Crippen MR) is 68.4 cm³/mol. The van der Waals surface area contributed by atoms with E-state index in [0.717, 1.165) is 5.56 Å². The third-order valence-corrected chi connectivity index (χ3v) is 2.69. The SMILES string of the molecule is OC(CNCc1ccc(OC(F)F)cc1)c1ccco1. The molecule has 2 aromatic rings. The minimum atomic E-state index is -2.82. The summed E-state index contributed by atoms with van der Waals surface area (Å²) >= 11 is 0. The molecule has 0 spiro atoms. The van der Waals surface area contributed by atoms with Crippen molar-refractivity contribution in [2.75, 3.05) is 6.54 Å². The van der Waals surface area contributed by atoms with Crippen molar-refractivity contribution in [2.45, 2.75) is 19.3 Å². The number of rotatable bonds is 7. The second-order valence-electron chi connectivity index (χ2n) is 4.18. The molecule has 20 heavy (non-hydrogen) atoms. The molecule has 108 valence electrons. The van der Waals surface area contributed by atoms with E-state index < -0.39 is 12.7 Å². The van der Waals surface area contributed by atoms with Gasteiger partial charge in [0.1, 0.15) is 17.6 Å². The van der Waals surface area contributed by atoms with Crippen LogP contribution in [-0.4, -0.2) is 18.3 Å². The molecule has 0 saturated carbocycles. The Morgan fingerprint density at radius 1 is 1.20 bits per heavy atom. The molecule has 0 bridgehead atoms. The lowest BCUT2D eigenvalue weighted by molar-refractivity contribution is -0.0498. The maximum atomic E-state index is 12.0. The van der Waals surface area contributed by atoms with Gasteiger partial charge in [0.25, 0.3) is 0 Å². The lowest BCUT2D eigenvalue weighted by Gasteiger charge is -2.10. The number of halogens is 2. The molecule has 0 aliphatic rings. The number of alkyl halides is 2. The third kappa shape index (κ3) is 4.32. The molecule has 1 unspecified atom stereocenters. The van der Waals surface area contributed by atoms with Crippen LogP contribution in [0.25, 0.3) is 0 Å². The molecule has 1 aromatic carbocycles. The fraction of sp³-hybridized carbons (Fsp3) is 0.286. The van der Waals surface area contributed by atoms with Gasteiger partial charge in [0.15, 0.2) is 0 Å². The minimum absolute atomic E-state index is 0.124. The van der Waals surface area contributed by atoms with E-state index in [9.17, 15) is 13.9 Å². The van der Waals surface area contributed by atoms with E-state index in [1.807, 2.05) is 0 Å². The summed E-state index contributed by atoms with van der Waals surface area (Å²) in [5, 5.41) is 12.8. The molecular formula is C14H15F2NO3. The third-order valence-electron chi connectivity index (χ3n) is 2.69. The summed E-state index contributed by atoms with van der Waals surface area (Å²) < 4.78 is 33.3. The molecule has 0 fully saturated rings. The summed E-state index contributed by atoms with van der Waals surface area (Å²) in [4.78, 5) is 0. The Balaban J connectivity index is 1.76. The van der Waals surface area contributed by atoms with Gasteiger partial charge in [-0.3, -0.25) is 0 Å². The first-order chi connectivity index (χ1) is 9.65. The first kappa shape index (κ1) is 14.5. The molecule has 1 atom stereocenters. The average molecular weight is 283 g/mol. The normalized spacial score (nSPS) is 12.6. The first-order valence-electron chi connectivity index (χ1n) is 6.11. The topological polar surface area (TPSA) is 54.6 Å². The second kappa shape index (κ2) is 7.02. The highest BCUT2D eigenvalue weighted by Crippen LogP contribution is 2.15. The van der Waals surface area contributed by atoms with Gasteiger partial charge < -0.3 is 19.6 Å². The highest BCUT2D eigenvalue weighted by molar-refractivity contribution is 5.27. The fourth-order valence-electron chi connectivity index (χ4n) is 1.72. The quantitative estimate of drug-likeness (QED) is 0.820. The molecule has 0 amide bonds. The van der Waals surface area contributed by atoms with Crippen molar-refractivity contribution in [2.24, 2.45) is 0 Å². The number of ether oxygens (including phenoxy) is 1. The Morgan fingerprint density at radius 3 is 2.55 bits per heavy atom. The van der Waals surface area contributed by atoms with Crippen LogP contribution >= 0.6 is 0 Å². The van der Waals surface area contributed by atoms with Gasteiger partial charge in [0, 0.05) is 13.1 Å². The van der Waals surface area contributed by atoms with Crippen molar-refractivity contribution in [1.29, 1.82) is 0 Å². The van der Waals surface area contributed by atoms with Gasteiger partial charge in [0.05, 0.1) is 6.26 Å². The van der Waals surface area contributed by atoms with Crippen LogP contribution in [0.15, 0.2) is 47.1 Å². The Hall–Kier alpha value is -1.92. The Labute approximate surface area is 115 Å². The van der Waals surface area contributed by atoms with Crippen LogP contribution in [-0.2, 0) is 6.54 Å². The molecule has 2 rings (SSSR count). The Morgan fingerprint density at radius 2 is 1.95 bits per heavy atom. The van der Waals surface area contributed by atoms with Gasteiger partial charge in [-0.2, -0.15) is 8.78 Å². The van der Waals surface area contributed by atoms with Gasteiger partial charge in [-0.25, -0.2) is 0 Å². The lowest BCUT2D eigenvalue weighted by atomic mass is 10.2. The zero-order chi connectivity index (χ0) is 14.4. The molecule has 0 radical (unpaired) electrons. The van der Waals surface area contributed by atoms with E-state index in [1.165, 1.54) is 18.4 Å². The Kier molecular flexibility index (Phi) is 5.09. The predicted octanol–water partition coefficient (Wildman–Crippen LogP) is 2.70. The molecule has 6 heteroatoms. The van der Waals surface area contributed by atoms with Crippen LogP contribution in [0.1, 0.15) is 17.4 Å². The number of hydrogen-bond donors (Lipinski definition) is 2. The van der Waals surface area contributed by atoms with Gasteiger partial charge in [-0.1, -0.05) is 12.1 Å². The van der Waals surface area contributed by atoms with Crippen LogP contribution in [0.2, 0.25) is 0 Å². The molecular weight excluding hydrogens is 268 g/mol. The highest BCUT2D eigenvalue weighted by Gasteiger charge is 2.09. The van der Waals surface area contributed by atoms with E-state index >= 15 is 0 Å². The number of hydrogen-bond acceptors (Lipinski definition) is 4. The fourth-order valence-corrected chi connectivity index (χ4v) is 1.72. The van der Waals surface area contributed by atoms with E-state index in [1.54, 1.807) is 24.3 Å². The highest BCUT2D eigenvalue weighted by atomic mass is 19.3. The van der Waals surface area contributed by atoms with Crippen molar-refractivity contribution in [3.05, 3.63) is 54.0 Å². The van der Waals surface area contributed by atoms with Crippen molar-refractivity contribution in [3.63, 3.8) is 0 Å². The summed E-state index contributed by atoms with van der Waals surface area (Å²) in [6.45, 7) is -1.97. The number of aliphatic hydroxyl groups excluding tert-OH is 1. The van der Waals surface area contributed by atoms with E-state index in [0.29, 0.717) is 18.8 Å². The van der Waals surface area contributed by atoms with Crippen molar-refractivity contribution >= 4 is 0 Å². The van der Waals surface area contributed by atoms with Crippen molar-refractivity contribution in [1.82, 2.24) is 5.32 Å². The molecule has 1 heterocycles. The smallest absolute Gasteiger partial charge is 0.387 e. The van der Waals surface area contributed by atoms with E-state index in [2.05, 4.69) is 10.1 Å². The van der Waals surface area contributed by atoms with Crippen LogP contribution in [0.3, 0.4) is 0 Å². The van der Waals surface area contributed by atoms with Gasteiger partial charge in [0.2, 0.25) is 0 Å². The molecule has 0 aliphatic carbocycles. The number of aliphatic hydroxyl groups is 1. The zero-order valence-corrected chi connectivity index (χ0v) is 10.6. The van der Waals surface area contributed by atoms with Crippen LogP contribution in [0.4, 0.5) is 8.78 Å². The molecule has 4 nitrogen and oxygen atoms in total. The lowest BCUT2D eigenvalue weighted by Crippen LogP contribution is -2.20. The summed E-state index contributed by atoms with van der Waals surface area (Å²) in [5.74, 6) is 0.623. The van der Waals surface area contributed by atoms with Crippen LogP contribution in [0, 0.1) is 0 Å². The largest absolute Gasteiger partial charge is 0.467 e. The van der Waals surface area contributed by atoms with Crippen molar-refractivity contribution in [3.8, 4) is 5.75 Å². The molecule has 1 aromatic heterocycles. The summed E-state index contributed by atoms with van der Waals surface area (Å²) in [6.07, 6.45) is 0.784. The van der Waals surface area contributed by atoms with Crippen LogP contribution in [0.5, 0.6) is 5.75 Å². The van der Waals surface area contributed by atoms with Crippen LogP contribution < -0.4 is 10.1 Å². The first-order valence-corrected chi connectivity index (χ1v) is 6.11. The molecule has 2 N–H and O–H groups in total. The summed E-state index contributed by atoms with van der Waals surface area (Å²) in [6, 6.07) is 9.73. The molecule has 0 saturated heterocycles. The van der Waals surface area contributed by atoms with Gasteiger partial charge >= 0.3 is 6.61 Å². The van der Waals surface area contributed by atoms with Crippen molar-refractivity contribution < 1.29 is 23.0 Å². The number of nitrogens with one attached hydrogen (secondary N) is 1. The summed E-state index contributed by atoms with van der Waals surface area (Å²) in [5.41, 5.74) is 0.901. The molecule has 0 aliphatic heterocycles. The maximum absolute atomic E-state index is 12.0. The van der Waals surface area contributed by atoms with Gasteiger partial charge in [-0.05, 0) is 29.8 Å². The summed E-state index contributed by atoms with van der Waals surface area (Å²) in [7, 11) is 0. The monoisotopic (exact) mass is 283 g/mol. The standard InChI is InChI=1S/C14H15F2NO3/c15-14(16)20-11-5-3-10(4-6-11)8-17-9-12(18)13-2-1-7-19-13/h1-7,12,14,17-18H,8-9H2.